The molecule has 0 spiro atoms. The Morgan fingerprint density at radius 2 is 1.53 bits per heavy atom. The maximum absolute atomic E-state index is 13.4. The fourth-order valence-electron chi connectivity index (χ4n) is 4.15. The number of urea groups is 1. The molecule has 2 atom stereocenters. The zero-order chi connectivity index (χ0) is 25.6. The minimum absolute atomic E-state index is 0.233. The van der Waals surface area contributed by atoms with E-state index in [9.17, 15) is 14.4 Å². The fraction of sp³-hybridized carbons (Fsp3) is 0.464. The molecule has 0 bridgehead atoms. The molecule has 8 nitrogen and oxygen atoms in total. The molecule has 36 heavy (non-hydrogen) atoms. The van der Waals surface area contributed by atoms with Crippen LogP contribution >= 0.6 is 0 Å². The van der Waals surface area contributed by atoms with Gasteiger partial charge < -0.3 is 25.0 Å². The van der Waals surface area contributed by atoms with Crippen LogP contribution in [0.1, 0.15) is 37.3 Å². The number of amides is 3. The van der Waals surface area contributed by atoms with Crippen molar-refractivity contribution in [2.45, 2.75) is 51.1 Å². The zero-order valence-corrected chi connectivity index (χ0v) is 21.0. The summed E-state index contributed by atoms with van der Waals surface area (Å²) in [5.41, 5.74) is 2.15. The molecule has 0 aromatic heterocycles. The molecule has 0 radical (unpaired) electrons. The van der Waals surface area contributed by atoms with Crippen LogP contribution in [0.3, 0.4) is 0 Å². The summed E-state index contributed by atoms with van der Waals surface area (Å²) in [4.78, 5) is 40.5. The number of esters is 1. The quantitative estimate of drug-likeness (QED) is 0.348. The minimum atomic E-state index is -0.830. The van der Waals surface area contributed by atoms with Crippen molar-refractivity contribution < 1.29 is 23.9 Å². The van der Waals surface area contributed by atoms with Gasteiger partial charge in [0.1, 0.15) is 12.1 Å². The van der Waals surface area contributed by atoms with E-state index >= 15 is 0 Å². The van der Waals surface area contributed by atoms with Gasteiger partial charge >= 0.3 is 12.0 Å². The number of morpholine rings is 1. The SMILES string of the molecule is CCOC(=O)C(CCCCc1ccccc1)NC(=O)[C@H](Cc1ccccc1)NC(=O)N1CCOCC1. The lowest BCUT2D eigenvalue weighted by molar-refractivity contribution is -0.147. The monoisotopic (exact) mass is 495 g/mol. The van der Waals surface area contributed by atoms with E-state index in [1.807, 2.05) is 48.5 Å². The molecule has 194 valence electrons. The van der Waals surface area contributed by atoms with Crippen molar-refractivity contribution in [3.63, 3.8) is 0 Å². The van der Waals surface area contributed by atoms with Crippen molar-refractivity contribution in [1.82, 2.24) is 15.5 Å². The Morgan fingerprint density at radius 1 is 0.889 bits per heavy atom. The van der Waals surface area contributed by atoms with Crippen LogP contribution in [-0.2, 0) is 31.9 Å². The molecule has 1 aliphatic heterocycles. The average molecular weight is 496 g/mol. The number of ether oxygens (including phenoxy) is 2. The van der Waals surface area contributed by atoms with Gasteiger partial charge in [-0.2, -0.15) is 0 Å². The molecule has 0 aliphatic carbocycles. The Balaban J connectivity index is 1.63. The van der Waals surface area contributed by atoms with E-state index in [1.54, 1.807) is 11.8 Å². The standard InChI is InChI=1S/C28H37N3O5/c1-2-36-27(33)24(16-10-9-13-22-11-5-3-6-12-22)29-26(32)25(21-23-14-7-4-8-15-23)30-28(34)31-17-19-35-20-18-31/h3-8,11-12,14-15,24-25H,2,9-10,13,16-21H2,1H3,(H,29,32)(H,30,34)/t24?,25-/m0/s1. The second kappa shape index (κ2) is 14.9. The highest BCUT2D eigenvalue weighted by Crippen LogP contribution is 2.11. The number of rotatable bonds is 12. The zero-order valence-electron chi connectivity index (χ0n) is 21.0. The maximum atomic E-state index is 13.4. The first-order valence-corrected chi connectivity index (χ1v) is 12.7. The maximum Gasteiger partial charge on any atom is 0.328 e. The van der Waals surface area contributed by atoms with Crippen LogP contribution in [0.4, 0.5) is 4.79 Å². The molecule has 3 amide bonds. The molecule has 1 aliphatic rings. The largest absolute Gasteiger partial charge is 0.464 e. The van der Waals surface area contributed by atoms with Crippen LogP contribution in [-0.4, -0.2) is 67.8 Å². The molecule has 0 saturated carbocycles. The van der Waals surface area contributed by atoms with Gasteiger partial charge in [-0.25, -0.2) is 9.59 Å². The molecule has 1 unspecified atom stereocenters. The van der Waals surface area contributed by atoms with Crippen LogP contribution in [0.15, 0.2) is 60.7 Å². The van der Waals surface area contributed by atoms with Crippen LogP contribution in [0.25, 0.3) is 0 Å². The molecule has 1 fully saturated rings. The summed E-state index contributed by atoms with van der Waals surface area (Å²) in [6.45, 7) is 3.86. The fourth-order valence-corrected chi connectivity index (χ4v) is 4.15. The Hall–Kier alpha value is -3.39. The number of nitrogens with one attached hydrogen (secondary N) is 2. The third-order valence-corrected chi connectivity index (χ3v) is 6.13. The number of carbonyl (C=O) groups excluding carboxylic acids is 3. The number of nitrogens with zero attached hydrogens (tertiary/aromatic N) is 1. The second-order valence-electron chi connectivity index (χ2n) is 8.84. The van der Waals surface area contributed by atoms with Gasteiger partial charge in [-0.3, -0.25) is 4.79 Å². The number of hydrogen-bond acceptors (Lipinski definition) is 5. The van der Waals surface area contributed by atoms with Crippen LogP contribution in [0.5, 0.6) is 0 Å². The lowest BCUT2D eigenvalue weighted by Crippen LogP contribution is -2.56. The van der Waals surface area contributed by atoms with Crippen molar-refractivity contribution >= 4 is 17.9 Å². The van der Waals surface area contributed by atoms with Gasteiger partial charge in [0.15, 0.2) is 0 Å². The number of unbranched alkanes of at least 4 members (excludes halogenated alkanes) is 1. The van der Waals surface area contributed by atoms with E-state index in [0.717, 1.165) is 24.8 Å². The summed E-state index contributed by atoms with van der Waals surface area (Å²) in [6.07, 6.45) is 3.31. The Kier molecular flexibility index (Phi) is 11.2. The molecule has 2 N–H and O–H groups in total. The van der Waals surface area contributed by atoms with E-state index in [-0.39, 0.29) is 12.6 Å². The van der Waals surface area contributed by atoms with E-state index in [2.05, 4.69) is 22.8 Å². The highest BCUT2D eigenvalue weighted by molar-refractivity contribution is 5.90. The summed E-state index contributed by atoms with van der Waals surface area (Å²) in [7, 11) is 0. The van der Waals surface area contributed by atoms with Gasteiger partial charge in [-0.05, 0) is 37.3 Å². The van der Waals surface area contributed by atoms with Crippen molar-refractivity contribution in [3.05, 3.63) is 71.8 Å². The molecule has 2 aromatic carbocycles. The van der Waals surface area contributed by atoms with Crippen molar-refractivity contribution in [3.8, 4) is 0 Å². The van der Waals surface area contributed by atoms with E-state index in [4.69, 9.17) is 9.47 Å². The predicted octanol–water partition coefficient (Wildman–Crippen LogP) is 3.10. The second-order valence-corrected chi connectivity index (χ2v) is 8.84. The summed E-state index contributed by atoms with van der Waals surface area (Å²) in [6, 6.07) is 17.7. The Labute approximate surface area is 213 Å². The summed E-state index contributed by atoms with van der Waals surface area (Å²) in [5.74, 6) is -0.856. The first-order chi connectivity index (χ1) is 17.6. The molecule has 3 rings (SSSR count). The van der Waals surface area contributed by atoms with Crippen molar-refractivity contribution in [1.29, 1.82) is 0 Å². The van der Waals surface area contributed by atoms with Crippen LogP contribution < -0.4 is 10.6 Å². The van der Waals surface area contributed by atoms with E-state index in [0.29, 0.717) is 39.1 Å². The highest BCUT2D eigenvalue weighted by Gasteiger charge is 2.29. The lowest BCUT2D eigenvalue weighted by Gasteiger charge is -2.29. The molecular weight excluding hydrogens is 458 g/mol. The van der Waals surface area contributed by atoms with E-state index < -0.39 is 24.0 Å². The number of benzene rings is 2. The van der Waals surface area contributed by atoms with Crippen LogP contribution in [0.2, 0.25) is 0 Å². The third-order valence-electron chi connectivity index (χ3n) is 6.13. The Bertz CT molecular complexity index is 948. The average Bonchev–Trinajstić information content (AvgIpc) is 2.91. The summed E-state index contributed by atoms with van der Waals surface area (Å²) in [5, 5.41) is 5.72. The molecule has 2 aromatic rings. The van der Waals surface area contributed by atoms with Gasteiger partial charge in [0, 0.05) is 19.5 Å². The van der Waals surface area contributed by atoms with Gasteiger partial charge in [-0.1, -0.05) is 67.1 Å². The van der Waals surface area contributed by atoms with Gasteiger partial charge in [0.25, 0.3) is 0 Å². The number of carbonyl (C=O) groups is 3. The summed E-state index contributed by atoms with van der Waals surface area (Å²) < 4.78 is 10.6. The number of aryl methyl sites for hydroxylation is 1. The third kappa shape index (κ3) is 9.00. The Morgan fingerprint density at radius 3 is 2.17 bits per heavy atom. The molecule has 8 heteroatoms. The first-order valence-electron chi connectivity index (χ1n) is 12.7. The van der Waals surface area contributed by atoms with E-state index in [1.165, 1.54) is 5.56 Å². The van der Waals surface area contributed by atoms with Crippen molar-refractivity contribution in [2.24, 2.45) is 0 Å². The molecular formula is C28H37N3O5. The van der Waals surface area contributed by atoms with Gasteiger partial charge in [-0.15, -0.1) is 0 Å². The van der Waals surface area contributed by atoms with Gasteiger partial charge in [0.05, 0.1) is 19.8 Å². The topological polar surface area (TPSA) is 97.0 Å². The molecule has 1 saturated heterocycles. The first kappa shape index (κ1) is 27.2. The normalized spacial score (nSPS) is 15.0. The van der Waals surface area contributed by atoms with Crippen molar-refractivity contribution in [2.75, 3.05) is 32.9 Å². The summed E-state index contributed by atoms with van der Waals surface area (Å²) >= 11 is 0. The van der Waals surface area contributed by atoms with Gasteiger partial charge in [0.2, 0.25) is 5.91 Å². The smallest absolute Gasteiger partial charge is 0.328 e. The lowest BCUT2D eigenvalue weighted by atomic mass is 10.0. The minimum Gasteiger partial charge on any atom is -0.464 e. The predicted molar refractivity (Wildman–Crippen MR) is 137 cm³/mol. The van der Waals surface area contributed by atoms with Crippen LogP contribution in [0, 0.1) is 0 Å². The molecule has 1 heterocycles. The number of hydrogen-bond donors (Lipinski definition) is 2. The highest BCUT2D eigenvalue weighted by atomic mass is 16.5.